The standard InChI is InChI=1S/C19H23FN8O/c1-2-22-18(29)28-7-5-19(21,11-28)10-26-17-14(20)9-25-16(27-17)13-8-24-15-12(13)4-3-6-23-15/h3-4,6,8-9H,2,5,7,10-11,21H2,1H3,(H,22,29)(H,23,24)(H,25,26,27)/t19-/m0/s1. The maximum absolute atomic E-state index is 14.3. The van der Waals surface area contributed by atoms with Gasteiger partial charge in [0.25, 0.3) is 0 Å². The number of rotatable bonds is 5. The number of pyridine rings is 1. The first-order valence-corrected chi connectivity index (χ1v) is 9.49. The van der Waals surface area contributed by atoms with Gasteiger partial charge in [-0.25, -0.2) is 24.1 Å². The van der Waals surface area contributed by atoms with Crippen molar-refractivity contribution >= 4 is 22.9 Å². The fourth-order valence-corrected chi connectivity index (χ4v) is 3.50. The summed E-state index contributed by atoms with van der Waals surface area (Å²) in [5.41, 5.74) is 7.21. The molecule has 0 bridgehead atoms. The number of nitrogens with zero attached hydrogens (tertiary/aromatic N) is 4. The van der Waals surface area contributed by atoms with Crippen molar-refractivity contribution in [2.24, 2.45) is 5.73 Å². The van der Waals surface area contributed by atoms with Crippen molar-refractivity contribution in [3.05, 3.63) is 36.5 Å². The summed E-state index contributed by atoms with van der Waals surface area (Å²) in [6.45, 7) is 3.66. The summed E-state index contributed by atoms with van der Waals surface area (Å²) in [5, 5.41) is 6.63. The molecule has 0 aromatic carbocycles. The van der Waals surface area contributed by atoms with Crippen LogP contribution in [-0.4, -0.2) is 62.6 Å². The normalized spacial score (nSPS) is 18.9. The van der Waals surface area contributed by atoms with E-state index in [2.05, 4.69) is 30.6 Å². The first-order valence-electron chi connectivity index (χ1n) is 9.49. The van der Waals surface area contributed by atoms with Crippen molar-refractivity contribution in [1.82, 2.24) is 30.2 Å². The van der Waals surface area contributed by atoms with Crippen LogP contribution in [0.1, 0.15) is 13.3 Å². The number of amides is 2. The molecule has 1 atom stereocenters. The second-order valence-electron chi connectivity index (χ2n) is 7.22. The Morgan fingerprint density at radius 3 is 3.14 bits per heavy atom. The van der Waals surface area contributed by atoms with Gasteiger partial charge in [-0.3, -0.25) is 0 Å². The number of hydrogen-bond acceptors (Lipinski definition) is 6. The number of aromatic amines is 1. The number of halogens is 1. The molecule has 4 rings (SSSR count). The van der Waals surface area contributed by atoms with Gasteiger partial charge in [-0.05, 0) is 25.5 Å². The molecule has 0 radical (unpaired) electrons. The van der Waals surface area contributed by atoms with E-state index in [1.54, 1.807) is 17.3 Å². The number of nitrogens with one attached hydrogen (secondary N) is 3. The SMILES string of the molecule is CCNC(=O)N1CC[C@](N)(CNc2nc(-c3c[nH]c4ncccc34)ncc2F)C1. The Balaban J connectivity index is 1.50. The highest BCUT2D eigenvalue weighted by Gasteiger charge is 2.36. The summed E-state index contributed by atoms with van der Waals surface area (Å²) in [6.07, 6.45) is 5.19. The van der Waals surface area contributed by atoms with Crippen LogP contribution >= 0.6 is 0 Å². The molecule has 1 aliphatic heterocycles. The van der Waals surface area contributed by atoms with Crippen LogP contribution in [0, 0.1) is 5.82 Å². The Morgan fingerprint density at radius 1 is 1.45 bits per heavy atom. The highest BCUT2D eigenvalue weighted by molar-refractivity contribution is 5.91. The number of fused-ring (bicyclic) bond motifs is 1. The second kappa shape index (κ2) is 7.63. The summed E-state index contributed by atoms with van der Waals surface area (Å²) in [7, 11) is 0. The van der Waals surface area contributed by atoms with Crippen LogP contribution in [0.25, 0.3) is 22.4 Å². The van der Waals surface area contributed by atoms with Crippen LogP contribution in [0.2, 0.25) is 0 Å². The first-order chi connectivity index (χ1) is 14.0. The van der Waals surface area contributed by atoms with E-state index in [1.165, 1.54) is 0 Å². The Kier molecular flexibility index (Phi) is 5.01. The number of carbonyl (C=O) groups excluding carboxylic acids is 1. The van der Waals surface area contributed by atoms with E-state index in [4.69, 9.17) is 5.73 Å². The molecular weight excluding hydrogens is 375 g/mol. The van der Waals surface area contributed by atoms with Gasteiger partial charge < -0.3 is 26.3 Å². The molecule has 0 spiro atoms. The van der Waals surface area contributed by atoms with Gasteiger partial charge in [0.1, 0.15) is 5.65 Å². The van der Waals surface area contributed by atoms with Crippen LogP contribution in [0.4, 0.5) is 15.0 Å². The quantitative estimate of drug-likeness (QED) is 0.518. The van der Waals surface area contributed by atoms with E-state index in [0.717, 1.165) is 17.1 Å². The smallest absolute Gasteiger partial charge is 0.317 e. The zero-order valence-corrected chi connectivity index (χ0v) is 16.1. The lowest BCUT2D eigenvalue weighted by Crippen LogP contribution is -2.50. The second-order valence-corrected chi connectivity index (χ2v) is 7.22. The Bertz CT molecular complexity index is 1040. The minimum Gasteiger partial charge on any atom is -0.366 e. The Morgan fingerprint density at radius 2 is 2.31 bits per heavy atom. The molecule has 3 aromatic heterocycles. The number of carbonyl (C=O) groups is 1. The molecule has 29 heavy (non-hydrogen) atoms. The van der Waals surface area contributed by atoms with E-state index >= 15 is 0 Å². The Hall–Kier alpha value is -3.27. The van der Waals surface area contributed by atoms with Crippen molar-refractivity contribution in [3.8, 4) is 11.4 Å². The number of anilines is 1. The van der Waals surface area contributed by atoms with Gasteiger partial charge in [0.05, 0.1) is 11.7 Å². The average Bonchev–Trinajstić information content (AvgIpc) is 3.32. The fourth-order valence-electron chi connectivity index (χ4n) is 3.50. The van der Waals surface area contributed by atoms with Crippen LogP contribution in [0.3, 0.4) is 0 Å². The summed E-state index contributed by atoms with van der Waals surface area (Å²) in [4.78, 5) is 29.4. The molecule has 4 heterocycles. The van der Waals surface area contributed by atoms with Gasteiger partial charge >= 0.3 is 6.03 Å². The maximum Gasteiger partial charge on any atom is 0.317 e. The molecule has 0 unspecified atom stereocenters. The summed E-state index contributed by atoms with van der Waals surface area (Å²) in [5.74, 6) is -0.0991. The average molecular weight is 398 g/mol. The number of likely N-dealkylation sites (tertiary alicyclic amines) is 1. The molecule has 3 aromatic rings. The van der Waals surface area contributed by atoms with Gasteiger partial charge in [-0.15, -0.1) is 0 Å². The van der Waals surface area contributed by atoms with Gasteiger partial charge in [0, 0.05) is 49.5 Å². The number of urea groups is 1. The molecule has 10 heteroatoms. The van der Waals surface area contributed by atoms with E-state index in [-0.39, 0.29) is 18.4 Å². The summed E-state index contributed by atoms with van der Waals surface area (Å²) in [6, 6.07) is 3.58. The van der Waals surface area contributed by atoms with Crippen LogP contribution in [0.15, 0.2) is 30.7 Å². The number of hydrogen-bond donors (Lipinski definition) is 4. The molecule has 1 saturated heterocycles. The highest BCUT2D eigenvalue weighted by atomic mass is 19.1. The van der Waals surface area contributed by atoms with Crippen LogP contribution < -0.4 is 16.4 Å². The molecule has 0 saturated carbocycles. The molecule has 2 amide bonds. The molecule has 152 valence electrons. The van der Waals surface area contributed by atoms with Crippen molar-refractivity contribution in [1.29, 1.82) is 0 Å². The third-order valence-electron chi connectivity index (χ3n) is 5.04. The lowest BCUT2D eigenvalue weighted by atomic mass is 10.0. The molecule has 9 nitrogen and oxygen atoms in total. The lowest BCUT2D eigenvalue weighted by Gasteiger charge is -2.25. The molecule has 0 aliphatic carbocycles. The van der Waals surface area contributed by atoms with Gasteiger partial charge in [0.15, 0.2) is 17.5 Å². The molecule has 5 N–H and O–H groups in total. The minimum atomic E-state index is -0.659. The number of H-pyrrole nitrogens is 1. The number of aromatic nitrogens is 4. The van der Waals surface area contributed by atoms with Gasteiger partial charge in [0.2, 0.25) is 0 Å². The zero-order valence-electron chi connectivity index (χ0n) is 16.1. The predicted octanol–water partition coefficient (Wildman–Crippen LogP) is 1.70. The van der Waals surface area contributed by atoms with Crippen molar-refractivity contribution in [3.63, 3.8) is 0 Å². The van der Waals surface area contributed by atoms with Crippen molar-refractivity contribution < 1.29 is 9.18 Å². The topological polar surface area (TPSA) is 125 Å². The zero-order chi connectivity index (χ0) is 20.4. The molecule has 1 fully saturated rings. The largest absolute Gasteiger partial charge is 0.366 e. The third-order valence-corrected chi connectivity index (χ3v) is 5.04. The van der Waals surface area contributed by atoms with E-state index in [9.17, 15) is 9.18 Å². The third kappa shape index (κ3) is 3.83. The lowest BCUT2D eigenvalue weighted by molar-refractivity contribution is 0.206. The minimum absolute atomic E-state index is 0.0783. The van der Waals surface area contributed by atoms with Crippen LogP contribution in [-0.2, 0) is 0 Å². The molecular formula is C19H23FN8O. The Labute approximate surface area is 166 Å². The van der Waals surface area contributed by atoms with Crippen molar-refractivity contribution in [2.45, 2.75) is 18.9 Å². The molecule has 1 aliphatic rings. The maximum atomic E-state index is 14.3. The summed E-state index contributed by atoms with van der Waals surface area (Å²) < 4.78 is 14.3. The predicted molar refractivity (Wildman–Crippen MR) is 108 cm³/mol. The summed E-state index contributed by atoms with van der Waals surface area (Å²) >= 11 is 0. The monoisotopic (exact) mass is 398 g/mol. The van der Waals surface area contributed by atoms with Crippen molar-refractivity contribution in [2.75, 3.05) is 31.5 Å². The van der Waals surface area contributed by atoms with Gasteiger partial charge in [-0.1, -0.05) is 0 Å². The van der Waals surface area contributed by atoms with Crippen LogP contribution in [0.5, 0.6) is 0 Å². The first kappa shape index (κ1) is 19.1. The highest BCUT2D eigenvalue weighted by Crippen LogP contribution is 2.26. The fraction of sp³-hybridized carbons (Fsp3) is 0.368. The van der Waals surface area contributed by atoms with E-state index in [0.29, 0.717) is 37.5 Å². The number of nitrogens with two attached hydrogens (primary N) is 1. The van der Waals surface area contributed by atoms with Gasteiger partial charge in [-0.2, -0.15) is 0 Å². The van der Waals surface area contributed by atoms with E-state index < -0.39 is 11.4 Å². The van der Waals surface area contributed by atoms with E-state index in [1.807, 2.05) is 19.1 Å².